The molecule has 0 bridgehead atoms. The molecule has 2 aromatic carbocycles. The van der Waals surface area contributed by atoms with Crippen molar-refractivity contribution in [3.05, 3.63) is 64.5 Å². The van der Waals surface area contributed by atoms with Gasteiger partial charge >= 0.3 is 0 Å². The highest BCUT2D eigenvalue weighted by Gasteiger charge is 2.39. The first-order valence-corrected chi connectivity index (χ1v) is 15.4. The Balaban J connectivity index is 0.000000454. The minimum absolute atomic E-state index is 0.193. The molecule has 0 radical (unpaired) electrons. The van der Waals surface area contributed by atoms with Gasteiger partial charge in [0.15, 0.2) is 4.32 Å². The zero-order valence-corrected chi connectivity index (χ0v) is 23.9. The van der Waals surface area contributed by atoms with Crippen molar-refractivity contribution in [2.45, 2.75) is 32.1 Å². The molecular weight excluding hydrogens is 535 g/mol. The van der Waals surface area contributed by atoms with Gasteiger partial charge in [-0.05, 0) is 50.3 Å². The second-order valence-electron chi connectivity index (χ2n) is 7.96. The molecule has 4 rings (SSSR count). The van der Waals surface area contributed by atoms with Crippen LogP contribution < -0.4 is 9.80 Å². The second kappa shape index (κ2) is 13.1. The number of amides is 1. The number of carbonyl (C=O) groups is 1. The van der Waals surface area contributed by atoms with Crippen LogP contribution in [-0.2, 0) is 14.9 Å². The van der Waals surface area contributed by atoms with Crippen molar-refractivity contribution in [3.63, 3.8) is 0 Å². The van der Waals surface area contributed by atoms with Crippen LogP contribution in [-0.4, -0.2) is 60.0 Å². The maximum atomic E-state index is 13.2. The number of thioether (sulfide) groups is 2. The summed E-state index contributed by atoms with van der Waals surface area (Å²) in [6.45, 7) is 10.5. The van der Waals surface area contributed by atoms with Gasteiger partial charge in [-0.3, -0.25) is 14.2 Å². The molecule has 2 aliphatic heterocycles. The zero-order chi connectivity index (χ0) is 26.3. The van der Waals surface area contributed by atoms with Gasteiger partial charge in [-0.15, -0.1) is 0 Å². The van der Waals surface area contributed by atoms with Crippen molar-refractivity contribution in [2.24, 2.45) is 0 Å². The van der Waals surface area contributed by atoms with Crippen molar-refractivity contribution in [3.8, 4) is 0 Å². The third-order valence-corrected chi connectivity index (χ3v) is 9.19. The van der Waals surface area contributed by atoms with Gasteiger partial charge in [0.25, 0.3) is 16.0 Å². The van der Waals surface area contributed by atoms with E-state index in [1.54, 1.807) is 0 Å². The summed E-state index contributed by atoms with van der Waals surface area (Å²) in [7, 11) is -4.04. The zero-order valence-electron chi connectivity index (χ0n) is 20.6. The monoisotopic (exact) mass is 565 g/mol. The average molecular weight is 566 g/mol. The van der Waals surface area contributed by atoms with Crippen LogP contribution in [0.15, 0.2) is 69.4 Å². The summed E-state index contributed by atoms with van der Waals surface area (Å²) in [5.41, 5.74) is 1.62. The molecule has 7 nitrogen and oxygen atoms in total. The number of thiocarbonyl (C=S) groups is 1. The van der Waals surface area contributed by atoms with Crippen LogP contribution in [0, 0.1) is 0 Å². The molecule has 11 heteroatoms. The third-order valence-electron chi connectivity index (χ3n) is 5.71. The number of rotatable bonds is 8. The van der Waals surface area contributed by atoms with E-state index in [4.69, 9.17) is 16.8 Å². The molecule has 1 amide bonds. The van der Waals surface area contributed by atoms with Crippen LogP contribution in [0.5, 0.6) is 0 Å². The minimum atomic E-state index is -4.04. The molecule has 36 heavy (non-hydrogen) atoms. The molecule has 2 aromatic rings. The molecule has 0 aliphatic carbocycles. The first kappa shape index (κ1) is 28.7. The summed E-state index contributed by atoms with van der Waals surface area (Å²) in [5.74, 6) is -0.532. The summed E-state index contributed by atoms with van der Waals surface area (Å²) in [6.07, 6.45) is 0.232. The van der Waals surface area contributed by atoms with E-state index in [1.165, 1.54) is 48.1 Å². The Morgan fingerprint density at radius 3 is 2.14 bits per heavy atom. The van der Waals surface area contributed by atoms with E-state index in [0.717, 1.165) is 15.6 Å². The van der Waals surface area contributed by atoms with Crippen molar-refractivity contribution in [2.75, 3.05) is 41.7 Å². The quantitative estimate of drug-likeness (QED) is 0.255. The van der Waals surface area contributed by atoms with Crippen LogP contribution in [0.2, 0.25) is 0 Å². The molecule has 1 N–H and O–H groups in total. The maximum Gasteiger partial charge on any atom is 0.273 e. The second-order valence-corrected chi connectivity index (χ2v) is 12.2. The lowest BCUT2D eigenvalue weighted by Crippen LogP contribution is -2.29. The molecule has 0 spiro atoms. The highest BCUT2D eigenvalue weighted by molar-refractivity contribution is 8.27. The van der Waals surface area contributed by atoms with Gasteiger partial charge < -0.3 is 9.80 Å². The van der Waals surface area contributed by atoms with Crippen molar-refractivity contribution < 1.29 is 17.8 Å². The van der Waals surface area contributed by atoms with E-state index in [-0.39, 0.29) is 18.1 Å². The Morgan fingerprint density at radius 1 is 0.944 bits per heavy atom. The summed E-state index contributed by atoms with van der Waals surface area (Å²) in [4.78, 5) is 20.5. The average Bonchev–Trinajstić information content (AvgIpc) is 3.36. The molecule has 194 valence electrons. The maximum absolute atomic E-state index is 13.2. The highest BCUT2D eigenvalue weighted by atomic mass is 32.2. The van der Waals surface area contributed by atoms with E-state index in [2.05, 4.69) is 25.7 Å². The molecule has 0 unspecified atom stereocenters. The predicted octanol–water partition coefficient (Wildman–Crippen LogP) is 5.46. The molecule has 2 aliphatic rings. The predicted molar refractivity (Wildman–Crippen MR) is 155 cm³/mol. The summed E-state index contributed by atoms with van der Waals surface area (Å²) in [6, 6.07) is 16.9. The lowest BCUT2D eigenvalue weighted by atomic mass is 10.2. The number of hydrogen-bond donors (Lipinski definition) is 1. The molecular formula is C25H31N3O4S4. The van der Waals surface area contributed by atoms with E-state index >= 15 is 0 Å². The number of anilines is 2. The number of benzene rings is 2. The van der Waals surface area contributed by atoms with Gasteiger partial charge in [-0.2, -0.15) is 8.42 Å². The van der Waals surface area contributed by atoms with E-state index < -0.39 is 10.1 Å². The number of hydrogen-bond acceptors (Lipinski definition) is 8. The first-order valence-electron chi connectivity index (χ1n) is 11.8. The van der Waals surface area contributed by atoms with E-state index in [0.29, 0.717) is 21.5 Å². The van der Waals surface area contributed by atoms with Crippen LogP contribution in [0.25, 0.3) is 0 Å². The van der Waals surface area contributed by atoms with Gasteiger partial charge in [0, 0.05) is 11.4 Å². The van der Waals surface area contributed by atoms with Crippen molar-refractivity contribution >= 4 is 67.5 Å². The molecule has 0 aromatic heterocycles. The fourth-order valence-corrected chi connectivity index (χ4v) is 6.93. The summed E-state index contributed by atoms with van der Waals surface area (Å²) in [5, 5.41) is 0.734. The Labute approximate surface area is 227 Å². The SMILES string of the molecule is CCN(CC)CC.O=C1C(=C2Sc3ccccc3N2CCCS(=O)(=O)O)SC(=S)N1c1ccccc1. The molecule has 2 heterocycles. The molecule has 1 fully saturated rings. The highest BCUT2D eigenvalue weighted by Crippen LogP contribution is 2.51. The smallest absolute Gasteiger partial charge is 0.273 e. The van der Waals surface area contributed by atoms with Crippen LogP contribution in [0.3, 0.4) is 0 Å². The topological polar surface area (TPSA) is 81.2 Å². The fourth-order valence-electron chi connectivity index (χ4n) is 3.80. The lowest BCUT2D eigenvalue weighted by Gasteiger charge is -2.21. The largest absolute Gasteiger partial charge is 0.334 e. The number of nitrogens with zero attached hydrogens (tertiary/aromatic N) is 3. The van der Waals surface area contributed by atoms with Gasteiger partial charge in [0.2, 0.25) is 0 Å². The number of carbonyl (C=O) groups excluding carboxylic acids is 1. The standard InChI is InChI=1S/C19H16N2O4S4.C6H15N/c22-17-16(28-19(26)21(17)13-7-2-1-3-8-13)18-20(11-6-12-29(23,24)25)14-9-4-5-10-15(14)27-18;1-4-7(5-2)6-3/h1-5,7-10H,6,11-12H2,(H,23,24,25);4-6H2,1-3H3. The third kappa shape index (κ3) is 7.11. The van der Waals surface area contributed by atoms with E-state index in [9.17, 15) is 13.2 Å². The molecule has 0 saturated carbocycles. The van der Waals surface area contributed by atoms with Gasteiger partial charge in [-0.25, -0.2) is 0 Å². The summed E-state index contributed by atoms with van der Waals surface area (Å²) < 4.78 is 31.8. The Bertz CT molecular complexity index is 1210. The van der Waals surface area contributed by atoms with Crippen molar-refractivity contribution in [1.29, 1.82) is 0 Å². The van der Waals surface area contributed by atoms with Crippen LogP contribution in [0.4, 0.5) is 11.4 Å². The fraction of sp³-hybridized carbons (Fsp3) is 0.360. The first-order chi connectivity index (χ1) is 17.2. The molecule has 1 saturated heterocycles. The van der Waals surface area contributed by atoms with Crippen LogP contribution in [0.1, 0.15) is 27.2 Å². The van der Waals surface area contributed by atoms with Gasteiger partial charge in [0.05, 0.1) is 17.1 Å². The molecule has 0 atom stereocenters. The lowest BCUT2D eigenvalue weighted by molar-refractivity contribution is -0.113. The Kier molecular flexibility index (Phi) is 10.4. The van der Waals surface area contributed by atoms with Crippen molar-refractivity contribution in [1.82, 2.24) is 4.90 Å². The number of fused-ring (bicyclic) bond motifs is 1. The number of para-hydroxylation sites is 2. The Morgan fingerprint density at radius 2 is 1.56 bits per heavy atom. The van der Waals surface area contributed by atoms with Gasteiger partial charge in [-0.1, -0.05) is 86.8 Å². The normalized spacial score (nSPS) is 17.5. The minimum Gasteiger partial charge on any atom is -0.334 e. The summed E-state index contributed by atoms with van der Waals surface area (Å²) >= 11 is 8.18. The van der Waals surface area contributed by atoms with Gasteiger partial charge in [0.1, 0.15) is 9.93 Å². The van der Waals surface area contributed by atoms with Crippen LogP contribution >= 0.6 is 35.7 Å². The van der Waals surface area contributed by atoms with E-state index in [1.807, 2.05) is 59.5 Å². The Hall–Kier alpha value is -1.89.